The maximum absolute atomic E-state index is 13.1. The molecule has 2 N–H and O–H groups in total. The Labute approximate surface area is 196 Å². The molecule has 0 aromatic rings. The summed E-state index contributed by atoms with van der Waals surface area (Å²) in [5.41, 5.74) is -0.383. The fourth-order valence-corrected chi connectivity index (χ4v) is 8.08. The van der Waals surface area contributed by atoms with Crippen molar-refractivity contribution in [2.75, 3.05) is 44.0 Å². The van der Waals surface area contributed by atoms with Crippen molar-refractivity contribution in [2.45, 2.75) is 64.4 Å². The number of carbonyl (C=O) groups excluding carboxylic acids is 1. The number of fused-ring (bicyclic) bond motifs is 3. The number of aliphatic hydroxyl groups is 1. The molecule has 1 amide bonds. The van der Waals surface area contributed by atoms with Crippen molar-refractivity contribution in [1.29, 1.82) is 0 Å². The average molecular weight is 491 g/mol. The lowest BCUT2D eigenvalue weighted by Crippen LogP contribution is -2.63. The van der Waals surface area contributed by atoms with Crippen LogP contribution < -0.4 is 4.72 Å². The quantitative estimate of drug-likeness (QED) is 0.601. The molecule has 184 valence electrons. The van der Waals surface area contributed by atoms with Crippen molar-refractivity contribution in [1.82, 2.24) is 9.62 Å². The van der Waals surface area contributed by atoms with Gasteiger partial charge in [0.2, 0.25) is 15.9 Å². The van der Waals surface area contributed by atoms with E-state index < -0.39 is 22.4 Å². The number of aliphatic hydroxyl groups excluding tert-OH is 1. The molecule has 0 bridgehead atoms. The molecular weight excluding hydrogens is 452 g/mol. The molecule has 32 heavy (non-hydrogen) atoms. The number of thioether (sulfide) groups is 1. The Bertz CT molecular complexity index is 804. The fraction of sp³-hybridized carbons (Fsp3) is 0.955. The smallest absolute Gasteiger partial charge is 0.223 e. The second-order valence-corrected chi connectivity index (χ2v) is 13.6. The molecular formula is C22H38N2O6S2. The van der Waals surface area contributed by atoms with E-state index in [-0.39, 0.29) is 41.2 Å². The van der Waals surface area contributed by atoms with E-state index in [0.29, 0.717) is 19.4 Å². The number of amides is 1. The van der Waals surface area contributed by atoms with Gasteiger partial charge in [-0.05, 0) is 42.9 Å². The first kappa shape index (κ1) is 24.7. The Morgan fingerprint density at radius 2 is 1.91 bits per heavy atom. The number of carbonyl (C=O) groups is 1. The third-order valence-corrected chi connectivity index (χ3v) is 10.1. The topological polar surface area (TPSA) is 105 Å². The zero-order valence-corrected chi connectivity index (χ0v) is 21.1. The van der Waals surface area contributed by atoms with Crippen molar-refractivity contribution in [2.24, 2.45) is 22.7 Å². The normalized spacial score (nSPS) is 42.8. The second kappa shape index (κ2) is 9.34. The molecule has 2 heterocycles. The zero-order valence-electron chi connectivity index (χ0n) is 19.4. The second-order valence-electron chi connectivity index (χ2n) is 10.5. The minimum Gasteiger partial charge on any atom is -0.393 e. The van der Waals surface area contributed by atoms with Crippen molar-refractivity contribution in [3.8, 4) is 0 Å². The highest BCUT2D eigenvalue weighted by Gasteiger charge is 2.61. The van der Waals surface area contributed by atoms with Crippen LogP contribution in [0.3, 0.4) is 0 Å². The van der Waals surface area contributed by atoms with E-state index in [1.54, 1.807) is 0 Å². The molecule has 4 aliphatic rings. The van der Waals surface area contributed by atoms with Crippen molar-refractivity contribution in [3.63, 3.8) is 0 Å². The molecule has 10 heteroatoms. The first-order valence-electron chi connectivity index (χ1n) is 11.8. The molecule has 0 spiro atoms. The van der Waals surface area contributed by atoms with Crippen LogP contribution in [0.2, 0.25) is 0 Å². The third-order valence-electron chi connectivity index (χ3n) is 8.50. The summed E-state index contributed by atoms with van der Waals surface area (Å²) in [6.07, 6.45) is 3.74. The molecule has 7 unspecified atom stereocenters. The predicted molar refractivity (Wildman–Crippen MR) is 124 cm³/mol. The number of nitrogens with zero attached hydrogens (tertiary/aromatic N) is 1. The maximum atomic E-state index is 13.1. The summed E-state index contributed by atoms with van der Waals surface area (Å²) in [6.45, 7) is 6.67. The van der Waals surface area contributed by atoms with Gasteiger partial charge in [-0.1, -0.05) is 13.8 Å². The number of hydrogen-bond acceptors (Lipinski definition) is 7. The Hall–Kier alpha value is -0.390. The number of hydrogen-bond donors (Lipinski definition) is 2. The van der Waals surface area contributed by atoms with E-state index in [9.17, 15) is 18.3 Å². The van der Waals surface area contributed by atoms with Crippen LogP contribution in [0.5, 0.6) is 0 Å². The Morgan fingerprint density at radius 3 is 2.59 bits per heavy atom. The van der Waals surface area contributed by atoms with Crippen molar-refractivity contribution < 1.29 is 27.8 Å². The maximum Gasteiger partial charge on any atom is 0.223 e. The lowest BCUT2D eigenvalue weighted by molar-refractivity contribution is -0.306. The minimum atomic E-state index is -3.31. The Balaban J connectivity index is 1.47. The summed E-state index contributed by atoms with van der Waals surface area (Å²) in [6, 6.07) is 0. The van der Waals surface area contributed by atoms with Gasteiger partial charge in [0.25, 0.3) is 0 Å². The zero-order chi connectivity index (χ0) is 23.1. The van der Waals surface area contributed by atoms with Gasteiger partial charge in [0.05, 0.1) is 31.6 Å². The molecule has 7 atom stereocenters. The highest BCUT2D eigenvalue weighted by atomic mass is 32.2. The number of rotatable bonds is 5. The van der Waals surface area contributed by atoms with E-state index >= 15 is 0 Å². The average Bonchev–Trinajstić information content (AvgIpc) is 2.74. The monoisotopic (exact) mass is 490 g/mol. The molecule has 2 saturated carbocycles. The van der Waals surface area contributed by atoms with E-state index in [0.717, 1.165) is 50.1 Å². The fourth-order valence-electron chi connectivity index (χ4n) is 6.74. The number of nitrogens with one attached hydrogen (secondary N) is 1. The summed E-state index contributed by atoms with van der Waals surface area (Å²) in [5.74, 6) is 2.36. The molecule has 2 aliphatic carbocycles. The highest BCUT2D eigenvalue weighted by molar-refractivity contribution is 7.99. The van der Waals surface area contributed by atoms with Crippen LogP contribution in [0.15, 0.2) is 0 Å². The van der Waals surface area contributed by atoms with Gasteiger partial charge in [-0.25, -0.2) is 13.1 Å². The lowest BCUT2D eigenvalue weighted by Gasteiger charge is -2.63. The predicted octanol–water partition coefficient (Wildman–Crippen LogP) is 1.44. The van der Waals surface area contributed by atoms with Gasteiger partial charge in [-0.2, -0.15) is 11.8 Å². The summed E-state index contributed by atoms with van der Waals surface area (Å²) in [5, 5.41) is 11.0. The minimum absolute atomic E-state index is 0.0219. The Kier molecular flexibility index (Phi) is 7.22. The van der Waals surface area contributed by atoms with Crippen LogP contribution in [-0.4, -0.2) is 86.8 Å². The van der Waals surface area contributed by atoms with Crippen molar-refractivity contribution >= 4 is 27.7 Å². The van der Waals surface area contributed by atoms with E-state index in [2.05, 4.69) is 18.6 Å². The standard InChI is InChI=1S/C22H38N2O6S2/c1-21-7-6-18-22(2,14-29-20(30-18)13-23-32(3,27)28)17(21)5-4-16(25)15(21)12-19(26)24-8-10-31-11-9-24/h15-18,20,23,25H,4-14H2,1-3H3. The van der Waals surface area contributed by atoms with Gasteiger partial charge in [0, 0.05) is 36.4 Å². The Morgan fingerprint density at radius 1 is 1.19 bits per heavy atom. The summed E-state index contributed by atoms with van der Waals surface area (Å²) in [7, 11) is -3.31. The van der Waals surface area contributed by atoms with Gasteiger partial charge in [-0.15, -0.1) is 0 Å². The van der Waals surface area contributed by atoms with Crippen LogP contribution in [-0.2, 0) is 24.3 Å². The highest BCUT2D eigenvalue weighted by Crippen LogP contribution is 2.62. The lowest BCUT2D eigenvalue weighted by atomic mass is 9.46. The van der Waals surface area contributed by atoms with Gasteiger partial charge < -0.3 is 19.5 Å². The van der Waals surface area contributed by atoms with Crippen LogP contribution in [0, 0.1) is 22.7 Å². The molecule has 0 radical (unpaired) electrons. The van der Waals surface area contributed by atoms with Crippen molar-refractivity contribution in [3.05, 3.63) is 0 Å². The molecule has 4 fully saturated rings. The van der Waals surface area contributed by atoms with Crippen LogP contribution >= 0.6 is 11.8 Å². The summed E-state index contributed by atoms with van der Waals surface area (Å²) < 4.78 is 37.6. The summed E-state index contributed by atoms with van der Waals surface area (Å²) in [4.78, 5) is 15.1. The number of ether oxygens (including phenoxy) is 2. The molecule has 0 aromatic heterocycles. The molecule has 2 aliphatic heterocycles. The number of sulfonamides is 1. The SMILES string of the molecule is CC12COC(CNS(C)(=O)=O)OC1CCC1(C)C(CC(=O)N3CCSCC3)C(O)CCC21. The van der Waals surface area contributed by atoms with Crippen LogP contribution in [0.25, 0.3) is 0 Å². The van der Waals surface area contributed by atoms with Crippen LogP contribution in [0.1, 0.15) is 46.0 Å². The van der Waals surface area contributed by atoms with E-state index in [4.69, 9.17) is 9.47 Å². The third kappa shape index (κ3) is 4.86. The molecule has 8 nitrogen and oxygen atoms in total. The molecule has 0 aromatic carbocycles. The first-order chi connectivity index (χ1) is 15.0. The van der Waals surface area contributed by atoms with E-state index in [1.165, 1.54) is 0 Å². The van der Waals surface area contributed by atoms with Gasteiger partial charge >= 0.3 is 0 Å². The molecule has 4 rings (SSSR count). The molecule has 2 saturated heterocycles. The largest absolute Gasteiger partial charge is 0.393 e. The van der Waals surface area contributed by atoms with Gasteiger partial charge in [-0.3, -0.25) is 4.79 Å². The van der Waals surface area contributed by atoms with Crippen LogP contribution in [0.4, 0.5) is 0 Å². The van der Waals surface area contributed by atoms with Gasteiger partial charge in [0.1, 0.15) is 0 Å². The van der Waals surface area contributed by atoms with E-state index in [1.807, 2.05) is 16.7 Å². The summed E-state index contributed by atoms with van der Waals surface area (Å²) >= 11 is 1.89. The first-order valence-corrected chi connectivity index (χ1v) is 14.8. The van der Waals surface area contributed by atoms with Gasteiger partial charge in [0.15, 0.2) is 6.29 Å².